The highest BCUT2D eigenvalue weighted by Crippen LogP contribution is 2.24. The molecule has 0 saturated carbocycles. The van der Waals surface area contributed by atoms with E-state index in [1.807, 2.05) is 42.5 Å². The Hall–Kier alpha value is -1.85. The van der Waals surface area contributed by atoms with E-state index in [1.54, 1.807) is 6.20 Å². The molecule has 2 aromatic rings. The van der Waals surface area contributed by atoms with E-state index in [1.165, 1.54) is 0 Å². The maximum absolute atomic E-state index is 7.05. The number of halogens is 1. The van der Waals surface area contributed by atoms with Crippen LogP contribution in [0.2, 0.25) is 5.02 Å². The summed E-state index contributed by atoms with van der Waals surface area (Å²) in [5.41, 5.74) is 2.00. The van der Waals surface area contributed by atoms with Crippen LogP contribution in [0.25, 0.3) is 4.85 Å². The Bertz CT molecular complexity index is 514. The molecular weight excluding hydrogens is 232 g/mol. The van der Waals surface area contributed by atoms with Crippen LogP contribution in [0, 0.1) is 6.57 Å². The van der Waals surface area contributed by atoms with E-state index in [0.29, 0.717) is 11.6 Å². The fourth-order valence-electron chi connectivity index (χ4n) is 1.74. The average Bonchev–Trinajstić information content (AvgIpc) is 2.38. The molecule has 2 nitrogen and oxygen atoms in total. The molecule has 1 aromatic carbocycles. The van der Waals surface area contributed by atoms with E-state index < -0.39 is 0 Å². The zero-order valence-corrected chi connectivity index (χ0v) is 9.93. The van der Waals surface area contributed by atoms with Crippen LogP contribution in [0.1, 0.15) is 17.2 Å². The lowest BCUT2D eigenvalue weighted by Crippen LogP contribution is -2.05. The van der Waals surface area contributed by atoms with E-state index in [-0.39, 0.29) is 5.92 Å². The molecule has 1 aromatic heterocycles. The first-order valence-electron chi connectivity index (χ1n) is 5.31. The molecule has 0 spiro atoms. The van der Waals surface area contributed by atoms with Crippen molar-refractivity contribution in [2.24, 2.45) is 0 Å². The molecule has 0 aliphatic heterocycles. The molecule has 1 unspecified atom stereocenters. The van der Waals surface area contributed by atoms with E-state index in [4.69, 9.17) is 18.2 Å². The van der Waals surface area contributed by atoms with Gasteiger partial charge in [-0.05, 0) is 29.8 Å². The molecule has 0 radical (unpaired) electrons. The molecule has 0 saturated heterocycles. The van der Waals surface area contributed by atoms with Gasteiger partial charge in [-0.15, -0.1) is 0 Å². The number of rotatable bonds is 3. The van der Waals surface area contributed by atoms with Crippen molar-refractivity contribution < 1.29 is 0 Å². The van der Waals surface area contributed by atoms with Gasteiger partial charge in [-0.25, -0.2) is 6.57 Å². The van der Waals surface area contributed by atoms with Crippen LogP contribution in [-0.4, -0.2) is 11.5 Å². The molecule has 84 valence electrons. The van der Waals surface area contributed by atoms with Gasteiger partial charge >= 0.3 is 0 Å². The monoisotopic (exact) mass is 242 g/mol. The highest BCUT2D eigenvalue weighted by Gasteiger charge is 2.17. The van der Waals surface area contributed by atoms with Crippen molar-refractivity contribution in [3.63, 3.8) is 0 Å². The second-order valence-electron chi connectivity index (χ2n) is 3.70. The Labute approximate surface area is 106 Å². The molecular formula is C14H11ClN2. The van der Waals surface area contributed by atoms with Crippen LogP contribution in [0.5, 0.6) is 0 Å². The Morgan fingerprint density at radius 3 is 2.53 bits per heavy atom. The summed E-state index contributed by atoms with van der Waals surface area (Å²) in [6.45, 7) is 7.45. The summed E-state index contributed by atoms with van der Waals surface area (Å²) in [5.74, 6) is 0.0194. The quantitative estimate of drug-likeness (QED) is 0.749. The minimum Gasteiger partial charge on any atom is -0.316 e. The van der Waals surface area contributed by atoms with E-state index >= 15 is 0 Å². The second-order valence-corrected chi connectivity index (χ2v) is 4.14. The van der Waals surface area contributed by atoms with Gasteiger partial charge in [-0.3, -0.25) is 4.98 Å². The van der Waals surface area contributed by atoms with Crippen molar-refractivity contribution in [1.82, 2.24) is 4.98 Å². The van der Waals surface area contributed by atoms with Crippen LogP contribution in [0.15, 0.2) is 48.7 Å². The molecule has 1 atom stereocenters. The number of hydrogen-bond donors (Lipinski definition) is 0. The highest BCUT2D eigenvalue weighted by molar-refractivity contribution is 6.30. The molecule has 0 aliphatic carbocycles. The molecule has 3 heteroatoms. The maximum Gasteiger partial charge on any atom is 0.227 e. The fourth-order valence-corrected chi connectivity index (χ4v) is 1.86. The first kappa shape index (κ1) is 11.6. The number of hydrogen-bond acceptors (Lipinski definition) is 1. The van der Waals surface area contributed by atoms with Gasteiger partial charge in [0.05, 0.1) is 11.6 Å². The maximum atomic E-state index is 7.05. The minimum absolute atomic E-state index is 0.0194. The molecule has 17 heavy (non-hydrogen) atoms. The fraction of sp³-hybridized carbons (Fsp3) is 0.143. The molecule has 1 heterocycles. The predicted molar refractivity (Wildman–Crippen MR) is 69.0 cm³/mol. The highest BCUT2D eigenvalue weighted by atomic mass is 35.5. The Balaban J connectivity index is 2.36. The van der Waals surface area contributed by atoms with E-state index in [0.717, 1.165) is 11.3 Å². The van der Waals surface area contributed by atoms with Gasteiger partial charge in [0.25, 0.3) is 0 Å². The Morgan fingerprint density at radius 2 is 1.94 bits per heavy atom. The van der Waals surface area contributed by atoms with Crippen molar-refractivity contribution in [3.05, 3.63) is 76.4 Å². The standard InChI is InChI=1S/C14H11ClN2/c1-16-10-13(14-4-2-3-9-17-14)11-5-7-12(15)8-6-11/h2-9,13H,10H2. The summed E-state index contributed by atoms with van der Waals surface area (Å²) in [5, 5.41) is 0.705. The summed E-state index contributed by atoms with van der Waals surface area (Å²) in [4.78, 5) is 7.81. The normalized spacial score (nSPS) is 11.8. The summed E-state index contributed by atoms with van der Waals surface area (Å²) in [6.07, 6.45) is 1.75. The molecule has 2 rings (SSSR count). The van der Waals surface area contributed by atoms with E-state index in [9.17, 15) is 0 Å². The lowest BCUT2D eigenvalue weighted by atomic mass is 9.95. The molecule has 0 fully saturated rings. The van der Waals surface area contributed by atoms with Crippen LogP contribution in [0.4, 0.5) is 0 Å². The number of aromatic nitrogens is 1. The first-order valence-corrected chi connectivity index (χ1v) is 5.68. The number of benzene rings is 1. The zero-order chi connectivity index (χ0) is 12.1. The van der Waals surface area contributed by atoms with Gasteiger partial charge in [0, 0.05) is 11.2 Å². The Morgan fingerprint density at radius 1 is 1.18 bits per heavy atom. The molecule has 0 aliphatic rings. The van der Waals surface area contributed by atoms with Crippen molar-refractivity contribution in [3.8, 4) is 0 Å². The SMILES string of the molecule is [C-]#[N+]CC(c1ccc(Cl)cc1)c1ccccn1. The zero-order valence-electron chi connectivity index (χ0n) is 9.18. The third kappa shape index (κ3) is 2.83. The molecule has 0 amide bonds. The predicted octanol–water partition coefficient (Wildman–Crippen LogP) is 3.79. The summed E-state index contributed by atoms with van der Waals surface area (Å²) >= 11 is 5.86. The lowest BCUT2D eigenvalue weighted by molar-refractivity contribution is 0.843. The van der Waals surface area contributed by atoms with Gasteiger partial charge in [-0.2, -0.15) is 0 Å². The van der Waals surface area contributed by atoms with Gasteiger partial charge in [0.15, 0.2) is 0 Å². The van der Waals surface area contributed by atoms with Crippen LogP contribution < -0.4 is 0 Å². The van der Waals surface area contributed by atoms with Gasteiger partial charge in [0.1, 0.15) is 0 Å². The third-order valence-corrected chi connectivity index (χ3v) is 2.84. The Kier molecular flexibility index (Phi) is 3.74. The third-order valence-electron chi connectivity index (χ3n) is 2.59. The lowest BCUT2D eigenvalue weighted by Gasteiger charge is -2.11. The van der Waals surface area contributed by atoms with Crippen molar-refractivity contribution >= 4 is 11.6 Å². The number of pyridine rings is 1. The largest absolute Gasteiger partial charge is 0.316 e. The topological polar surface area (TPSA) is 17.2 Å². The van der Waals surface area contributed by atoms with Crippen LogP contribution in [0.3, 0.4) is 0 Å². The smallest absolute Gasteiger partial charge is 0.227 e. The first-order chi connectivity index (χ1) is 8.31. The molecule has 0 bridgehead atoms. The van der Waals surface area contributed by atoms with Crippen molar-refractivity contribution in [1.29, 1.82) is 0 Å². The number of nitrogens with zero attached hydrogens (tertiary/aromatic N) is 2. The summed E-state index contributed by atoms with van der Waals surface area (Å²) < 4.78 is 0. The van der Waals surface area contributed by atoms with Crippen molar-refractivity contribution in [2.75, 3.05) is 6.54 Å². The summed E-state index contributed by atoms with van der Waals surface area (Å²) in [6, 6.07) is 13.4. The van der Waals surface area contributed by atoms with Gasteiger partial charge < -0.3 is 4.85 Å². The van der Waals surface area contributed by atoms with Crippen molar-refractivity contribution in [2.45, 2.75) is 5.92 Å². The molecule has 0 N–H and O–H groups in total. The minimum atomic E-state index is 0.0194. The van der Waals surface area contributed by atoms with E-state index in [2.05, 4.69) is 9.83 Å². The van der Waals surface area contributed by atoms with Crippen LogP contribution >= 0.6 is 11.6 Å². The average molecular weight is 243 g/mol. The van der Waals surface area contributed by atoms with Gasteiger partial charge in [-0.1, -0.05) is 29.8 Å². The van der Waals surface area contributed by atoms with Gasteiger partial charge in [0.2, 0.25) is 6.54 Å². The summed E-state index contributed by atoms with van der Waals surface area (Å²) in [7, 11) is 0. The second kappa shape index (κ2) is 5.47. The van der Waals surface area contributed by atoms with Crippen LogP contribution in [-0.2, 0) is 0 Å².